The molecule has 0 fully saturated rings. The first-order chi connectivity index (χ1) is 16.8. The molecule has 7 nitrogen and oxygen atoms in total. The van der Waals surface area contributed by atoms with Crippen molar-refractivity contribution in [2.45, 2.75) is 12.8 Å². The summed E-state index contributed by atoms with van der Waals surface area (Å²) in [6.07, 6.45) is 1.85. The van der Waals surface area contributed by atoms with E-state index in [0.717, 1.165) is 30.4 Å². The van der Waals surface area contributed by atoms with Gasteiger partial charge in [-0.1, -0.05) is 29.8 Å². The van der Waals surface area contributed by atoms with E-state index in [4.69, 9.17) is 16.3 Å². The van der Waals surface area contributed by atoms with Crippen LogP contribution in [0.2, 0.25) is 5.02 Å². The predicted molar refractivity (Wildman–Crippen MR) is 138 cm³/mol. The van der Waals surface area contributed by atoms with Crippen molar-refractivity contribution in [1.29, 1.82) is 0 Å². The minimum Gasteiger partial charge on any atom is -0.504 e. The van der Waals surface area contributed by atoms with Gasteiger partial charge in [0.2, 0.25) is 0 Å². The van der Waals surface area contributed by atoms with E-state index < -0.39 is 11.8 Å². The molecule has 35 heavy (non-hydrogen) atoms. The van der Waals surface area contributed by atoms with E-state index in [1.807, 2.05) is 50.0 Å². The zero-order chi connectivity index (χ0) is 24.9. The topological polar surface area (TPSA) is 83.8 Å². The Balaban J connectivity index is 1.67. The number of aromatic hydroxyl groups is 1. The van der Waals surface area contributed by atoms with Gasteiger partial charge in [-0.25, -0.2) is 0 Å². The summed E-state index contributed by atoms with van der Waals surface area (Å²) in [4.78, 5) is 27.9. The smallest absolute Gasteiger partial charge is 0.259 e. The second-order valence-electron chi connectivity index (χ2n) is 9.09. The molecular weight excluding hydrogens is 466 g/mol. The Bertz CT molecular complexity index is 1510. The van der Waals surface area contributed by atoms with E-state index in [0.29, 0.717) is 50.4 Å². The van der Waals surface area contributed by atoms with Crippen LogP contribution in [0.1, 0.15) is 33.6 Å². The summed E-state index contributed by atoms with van der Waals surface area (Å²) in [5, 5.41) is 14.9. The van der Waals surface area contributed by atoms with Crippen molar-refractivity contribution in [2.75, 3.05) is 27.2 Å². The molecule has 5 rings (SSSR count). The molecular formula is C27H26ClN3O4. The van der Waals surface area contributed by atoms with Crippen LogP contribution in [0.15, 0.2) is 42.5 Å². The van der Waals surface area contributed by atoms with Crippen LogP contribution in [0.5, 0.6) is 11.5 Å². The van der Waals surface area contributed by atoms with Gasteiger partial charge in [0.25, 0.3) is 11.8 Å². The number of fused-ring (bicyclic) bond motifs is 5. The predicted octanol–water partition coefficient (Wildman–Crippen LogP) is 4.96. The molecule has 0 bridgehead atoms. The Kier molecular flexibility index (Phi) is 5.91. The number of hydrogen-bond acceptors (Lipinski definition) is 5. The average Bonchev–Trinajstić information content (AvgIpc) is 3.26. The normalized spacial score (nSPS) is 13.2. The van der Waals surface area contributed by atoms with Crippen LogP contribution >= 0.6 is 11.6 Å². The van der Waals surface area contributed by atoms with Gasteiger partial charge < -0.3 is 19.3 Å². The molecule has 1 aromatic heterocycles. The number of halogens is 1. The lowest BCUT2D eigenvalue weighted by Gasteiger charge is -2.11. The molecule has 1 aliphatic heterocycles. The molecule has 3 aromatic carbocycles. The van der Waals surface area contributed by atoms with Gasteiger partial charge in [-0.05, 0) is 57.2 Å². The summed E-state index contributed by atoms with van der Waals surface area (Å²) in [6.45, 7) is 1.46. The Morgan fingerprint density at radius 1 is 1.00 bits per heavy atom. The molecule has 0 atom stereocenters. The number of aromatic nitrogens is 1. The summed E-state index contributed by atoms with van der Waals surface area (Å²) in [5.74, 6) is -0.541. The SMILES string of the molecule is CN(C)CCCCOc1cc2c(cc1O)c1c3c(c(-c4ccccc4Cl)cc1n2C)C(=O)NC3=O. The molecule has 0 radical (unpaired) electrons. The second kappa shape index (κ2) is 8.91. The van der Waals surface area contributed by atoms with E-state index in [-0.39, 0.29) is 5.75 Å². The highest BCUT2D eigenvalue weighted by molar-refractivity contribution is 6.36. The number of nitrogens with one attached hydrogen (secondary N) is 1. The van der Waals surface area contributed by atoms with Crippen molar-refractivity contribution in [3.8, 4) is 22.6 Å². The number of phenols is 1. The number of amides is 2. The number of nitrogens with zero attached hydrogens (tertiary/aromatic N) is 2. The third-order valence-corrected chi connectivity index (χ3v) is 6.81. The number of aryl methyl sites for hydroxylation is 1. The zero-order valence-electron chi connectivity index (χ0n) is 19.8. The molecule has 4 aromatic rings. The van der Waals surface area contributed by atoms with Crippen LogP contribution in [0, 0.1) is 0 Å². The Labute approximate surface area is 207 Å². The van der Waals surface area contributed by atoms with Gasteiger partial charge in [0.1, 0.15) is 0 Å². The van der Waals surface area contributed by atoms with Crippen LogP contribution < -0.4 is 10.1 Å². The Morgan fingerprint density at radius 3 is 2.49 bits per heavy atom. The van der Waals surface area contributed by atoms with Gasteiger partial charge in [0.05, 0.1) is 28.8 Å². The van der Waals surface area contributed by atoms with E-state index in [1.165, 1.54) is 0 Å². The van der Waals surface area contributed by atoms with Gasteiger partial charge in [-0.2, -0.15) is 0 Å². The number of benzene rings is 3. The fraction of sp³-hybridized carbons (Fsp3) is 0.259. The summed E-state index contributed by atoms with van der Waals surface area (Å²) < 4.78 is 7.83. The molecule has 2 N–H and O–H groups in total. The maximum absolute atomic E-state index is 12.9. The quantitative estimate of drug-likeness (QED) is 0.282. The van der Waals surface area contributed by atoms with Crippen molar-refractivity contribution in [3.63, 3.8) is 0 Å². The summed E-state index contributed by atoms with van der Waals surface area (Å²) >= 11 is 6.47. The molecule has 8 heteroatoms. The summed E-state index contributed by atoms with van der Waals surface area (Å²) in [7, 11) is 5.95. The Morgan fingerprint density at radius 2 is 1.74 bits per heavy atom. The number of ether oxygens (including phenoxy) is 1. The van der Waals surface area contributed by atoms with E-state index >= 15 is 0 Å². The standard InChI is InChI=1S/C27H26ClN3O4/c1-30(2)10-6-7-11-35-22-14-19-17(13-21(22)32)23-20(31(19)3)12-16(15-8-4-5-9-18(15)28)24-25(23)27(34)29-26(24)33/h4-5,8-9,12-14,32H,6-7,10-11H2,1-3H3,(H,29,33,34). The van der Waals surface area contributed by atoms with Crippen molar-refractivity contribution in [1.82, 2.24) is 14.8 Å². The second-order valence-corrected chi connectivity index (χ2v) is 9.49. The minimum atomic E-state index is -0.461. The average molecular weight is 492 g/mol. The van der Waals surface area contributed by atoms with Crippen molar-refractivity contribution in [2.24, 2.45) is 7.05 Å². The van der Waals surface area contributed by atoms with Crippen molar-refractivity contribution >= 4 is 45.2 Å². The number of unbranched alkanes of at least 4 members (excludes halogenated alkanes) is 1. The molecule has 0 aliphatic carbocycles. The Hall–Kier alpha value is -3.55. The number of phenolic OH excluding ortho intramolecular Hbond substituents is 1. The first kappa shape index (κ1) is 23.2. The molecule has 2 amide bonds. The van der Waals surface area contributed by atoms with Gasteiger partial charge in [-0.3, -0.25) is 14.9 Å². The monoisotopic (exact) mass is 491 g/mol. The van der Waals surface area contributed by atoms with Gasteiger partial charge >= 0.3 is 0 Å². The molecule has 180 valence electrons. The van der Waals surface area contributed by atoms with Crippen LogP contribution in [0.4, 0.5) is 0 Å². The maximum Gasteiger partial charge on any atom is 0.259 e. The molecule has 0 saturated heterocycles. The van der Waals surface area contributed by atoms with Crippen molar-refractivity contribution in [3.05, 3.63) is 58.6 Å². The number of carbonyl (C=O) groups excluding carboxylic acids is 2. The largest absolute Gasteiger partial charge is 0.504 e. The van der Waals surface area contributed by atoms with Crippen molar-refractivity contribution < 1.29 is 19.4 Å². The van der Waals surface area contributed by atoms with Crippen LogP contribution in [-0.2, 0) is 7.05 Å². The molecule has 0 saturated carbocycles. The van der Waals surface area contributed by atoms with E-state index in [1.54, 1.807) is 18.2 Å². The minimum absolute atomic E-state index is 0.00808. The van der Waals surface area contributed by atoms with E-state index in [9.17, 15) is 14.7 Å². The lowest BCUT2D eigenvalue weighted by molar-refractivity contribution is 0.0880. The highest BCUT2D eigenvalue weighted by Gasteiger charge is 2.34. The summed E-state index contributed by atoms with van der Waals surface area (Å²) in [6, 6.07) is 12.5. The molecule has 2 heterocycles. The van der Waals surface area contributed by atoms with Crippen LogP contribution in [0.3, 0.4) is 0 Å². The summed E-state index contributed by atoms with van der Waals surface area (Å²) in [5.41, 5.74) is 3.39. The first-order valence-corrected chi connectivity index (χ1v) is 11.9. The van der Waals surface area contributed by atoms with E-state index in [2.05, 4.69) is 10.2 Å². The first-order valence-electron chi connectivity index (χ1n) is 11.5. The lowest BCUT2D eigenvalue weighted by Crippen LogP contribution is -2.20. The maximum atomic E-state index is 12.9. The van der Waals surface area contributed by atoms with Crippen LogP contribution in [-0.4, -0.2) is 53.6 Å². The highest BCUT2D eigenvalue weighted by atomic mass is 35.5. The molecule has 0 spiro atoms. The fourth-order valence-corrected chi connectivity index (χ4v) is 5.02. The number of carbonyl (C=O) groups is 2. The highest BCUT2D eigenvalue weighted by Crippen LogP contribution is 2.43. The fourth-order valence-electron chi connectivity index (χ4n) is 4.78. The number of rotatable bonds is 7. The third kappa shape index (κ3) is 3.90. The molecule has 1 aliphatic rings. The van der Waals surface area contributed by atoms with Gasteiger partial charge in [0.15, 0.2) is 11.5 Å². The third-order valence-electron chi connectivity index (χ3n) is 6.48. The van der Waals surface area contributed by atoms with Crippen LogP contribution in [0.25, 0.3) is 32.9 Å². The van der Waals surface area contributed by atoms with Gasteiger partial charge in [-0.15, -0.1) is 0 Å². The van der Waals surface area contributed by atoms with Gasteiger partial charge in [0, 0.05) is 34.5 Å². The lowest BCUT2D eigenvalue weighted by atomic mass is 9.93. The zero-order valence-corrected chi connectivity index (χ0v) is 20.6. The molecule has 0 unspecified atom stereocenters. The number of imide groups is 1. The number of hydrogen-bond donors (Lipinski definition) is 2.